The zero-order valence-corrected chi connectivity index (χ0v) is 9.92. The van der Waals surface area contributed by atoms with E-state index in [0.29, 0.717) is 11.7 Å². The first-order valence-corrected chi connectivity index (χ1v) is 5.49. The van der Waals surface area contributed by atoms with Gasteiger partial charge in [-0.05, 0) is 6.42 Å². The van der Waals surface area contributed by atoms with Crippen LogP contribution in [0.3, 0.4) is 0 Å². The molecule has 0 atom stereocenters. The van der Waals surface area contributed by atoms with Gasteiger partial charge in [0, 0.05) is 25.0 Å². The second-order valence-corrected chi connectivity index (χ2v) is 3.48. The number of nitrogens with zero attached hydrogens (tertiary/aromatic N) is 4. The number of hydrogen-bond acceptors (Lipinski definition) is 5. The van der Waals surface area contributed by atoms with Crippen LogP contribution in [0, 0.1) is 0 Å². The highest BCUT2D eigenvalue weighted by Crippen LogP contribution is 2.21. The number of aromatic nitrogens is 4. The molecule has 0 aliphatic rings. The van der Waals surface area contributed by atoms with Gasteiger partial charge in [0.2, 0.25) is 0 Å². The van der Waals surface area contributed by atoms with E-state index in [-0.39, 0.29) is 0 Å². The van der Waals surface area contributed by atoms with Gasteiger partial charge in [0.25, 0.3) is 5.88 Å². The first-order valence-electron chi connectivity index (χ1n) is 5.49. The fourth-order valence-electron chi connectivity index (χ4n) is 1.51. The molecule has 1 N–H and O–H groups in total. The lowest BCUT2D eigenvalue weighted by atomic mass is 10.5. The average Bonchev–Trinajstić information content (AvgIpc) is 2.78. The minimum atomic E-state index is 0.469. The van der Waals surface area contributed by atoms with E-state index in [0.717, 1.165) is 18.8 Å². The highest BCUT2D eigenvalue weighted by molar-refractivity contribution is 5.56. The predicted molar refractivity (Wildman–Crippen MR) is 64.4 cm³/mol. The highest BCUT2D eigenvalue weighted by atomic mass is 16.5. The van der Waals surface area contributed by atoms with E-state index < -0.39 is 0 Å². The van der Waals surface area contributed by atoms with E-state index in [1.54, 1.807) is 25.7 Å². The van der Waals surface area contributed by atoms with Gasteiger partial charge >= 0.3 is 0 Å². The molecule has 6 heteroatoms. The molecule has 0 bridgehead atoms. The van der Waals surface area contributed by atoms with E-state index in [2.05, 4.69) is 27.3 Å². The summed E-state index contributed by atoms with van der Waals surface area (Å²) in [6.07, 6.45) is 5.98. The van der Waals surface area contributed by atoms with E-state index in [1.165, 1.54) is 0 Å². The van der Waals surface area contributed by atoms with Gasteiger partial charge in [-0.3, -0.25) is 0 Å². The zero-order valence-electron chi connectivity index (χ0n) is 9.92. The Morgan fingerprint density at radius 1 is 1.29 bits per heavy atom. The maximum Gasteiger partial charge on any atom is 0.257 e. The molecule has 0 saturated carbocycles. The van der Waals surface area contributed by atoms with E-state index in [4.69, 9.17) is 4.74 Å². The van der Waals surface area contributed by atoms with Crippen molar-refractivity contribution in [2.45, 2.75) is 19.9 Å². The molecule has 0 aliphatic carbocycles. The molecule has 0 saturated heterocycles. The number of anilines is 2. The van der Waals surface area contributed by atoms with E-state index in [9.17, 15) is 0 Å². The van der Waals surface area contributed by atoms with Gasteiger partial charge in [0.05, 0.1) is 13.3 Å². The van der Waals surface area contributed by atoms with Crippen LogP contribution in [0.25, 0.3) is 0 Å². The Balaban J connectivity index is 2.22. The summed E-state index contributed by atoms with van der Waals surface area (Å²) >= 11 is 0. The Hall–Kier alpha value is -2.11. The smallest absolute Gasteiger partial charge is 0.257 e. The van der Waals surface area contributed by atoms with Crippen molar-refractivity contribution < 1.29 is 4.74 Å². The van der Waals surface area contributed by atoms with Gasteiger partial charge in [-0.15, -0.1) is 0 Å². The van der Waals surface area contributed by atoms with Crippen molar-refractivity contribution in [2.75, 3.05) is 12.4 Å². The van der Waals surface area contributed by atoms with Crippen LogP contribution in [0.2, 0.25) is 0 Å². The summed E-state index contributed by atoms with van der Waals surface area (Å²) < 4.78 is 7.01. The molecule has 2 aromatic heterocycles. The maximum absolute atomic E-state index is 5.13. The molecule has 17 heavy (non-hydrogen) atoms. The minimum absolute atomic E-state index is 0.469. The van der Waals surface area contributed by atoms with Crippen LogP contribution >= 0.6 is 0 Å². The minimum Gasteiger partial charge on any atom is -0.478 e. The summed E-state index contributed by atoms with van der Waals surface area (Å²) in [5, 5.41) is 7.38. The monoisotopic (exact) mass is 233 g/mol. The maximum atomic E-state index is 5.13. The fraction of sp³-hybridized carbons (Fsp3) is 0.364. The zero-order chi connectivity index (χ0) is 12.1. The molecule has 0 fully saturated rings. The van der Waals surface area contributed by atoms with Crippen molar-refractivity contribution in [3.8, 4) is 5.88 Å². The predicted octanol–water partition coefficient (Wildman–Crippen LogP) is 1.84. The summed E-state index contributed by atoms with van der Waals surface area (Å²) in [5.41, 5.74) is 0. The van der Waals surface area contributed by atoms with Crippen LogP contribution in [0.15, 0.2) is 24.7 Å². The third-order valence-electron chi connectivity index (χ3n) is 2.26. The molecule has 0 unspecified atom stereocenters. The Morgan fingerprint density at radius 3 is 2.88 bits per heavy atom. The summed E-state index contributed by atoms with van der Waals surface area (Å²) in [5.74, 6) is 1.94. The lowest BCUT2D eigenvalue weighted by Gasteiger charge is -2.10. The third kappa shape index (κ3) is 2.52. The molecule has 90 valence electrons. The van der Waals surface area contributed by atoms with Gasteiger partial charge < -0.3 is 10.1 Å². The number of methoxy groups -OCH3 is 1. The number of rotatable bonds is 5. The van der Waals surface area contributed by atoms with Crippen molar-refractivity contribution >= 4 is 11.6 Å². The standard InChI is InChI=1S/C11H15N5O/c1-3-8-16-9(4-5-14-16)15-10-11(17-2)13-7-6-12-10/h4-7H,3,8H2,1-2H3,(H,12,15). The van der Waals surface area contributed by atoms with Crippen LogP contribution < -0.4 is 10.1 Å². The summed E-state index contributed by atoms with van der Waals surface area (Å²) in [6.45, 7) is 2.96. The summed E-state index contributed by atoms with van der Waals surface area (Å²) in [4.78, 5) is 8.26. The van der Waals surface area contributed by atoms with Crippen LogP contribution in [0.5, 0.6) is 5.88 Å². The van der Waals surface area contributed by atoms with Crippen LogP contribution in [-0.2, 0) is 6.54 Å². The number of aryl methyl sites for hydroxylation is 1. The first kappa shape index (κ1) is 11.4. The van der Waals surface area contributed by atoms with E-state index in [1.807, 2.05) is 10.7 Å². The van der Waals surface area contributed by atoms with Gasteiger partial charge in [0.1, 0.15) is 5.82 Å². The molecule has 0 amide bonds. The second kappa shape index (κ2) is 5.29. The molecule has 6 nitrogen and oxygen atoms in total. The average molecular weight is 233 g/mol. The fourth-order valence-corrected chi connectivity index (χ4v) is 1.51. The molecular weight excluding hydrogens is 218 g/mol. The number of nitrogens with one attached hydrogen (secondary N) is 1. The Kier molecular flexibility index (Phi) is 3.54. The Labute approximate surface area is 99.7 Å². The molecule has 2 heterocycles. The molecular formula is C11H15N5O. The van der Waals surface area contributed by atoms with Crippen LogP contribution in [0.4, 0.5) is 11.6 Å². The normalized spacial score (nSPS) is 10.2. The quantitative estimate of drug-likeness (QED) is 0.853. The van der Waals surface area contributed by atoms with Crippen molar-refractivity contribution in [3.63, 3.8) is 0 Å². The molecule has 2 rings (SSSR count). The van der Waals surface area contributed by atoms with Gasteiger partial charge in [-0.1, -0.05) is 6.92 Å². The lowest BCUT2D eigenvalue weighted by molar-refractivity contribution is 0.398. The Morgan fingerprint density at radius 2 is 2.12 bits per heavy atom. The largest absolute Gasteiger partial charge is 0.478 e. The third-order valence-corrected chi connectivity index (χ3v) is 2.26. The molecule has 2 aromatic rings. The van der Waals surface area contributed by atoms with Crippen LogP contribution in [0.1, 0.15) is 13.3 Å². The molecule has 0 aliphatic heterocycles. The van der Waals surface area contributed by atoms with Gasteiger partial charge in [-0.2, -0.15) is 5.10 Å². The second-order valence-electron chi connectivity index (χ2n) is 3.48. The van der Waals surface area contributed by atoms with Crippen LogP contribution in [-0.4, -0.2) is 26.9 Å². The van der Waals surface area contributed by atoms with Gasteiger partial charge in [0.15, 0.2) is 5.82 Å². The molecule has 0 radical (unpaired) electrons. The summed E-state index contributed by atoms with van der Waals surface area (Å²) in [7, 11) is 1.57. The van der Waals surface area contributed by atoms with Crippen molar-refractivity contribution in [1.82, 2.24) is 19.7 Å². The number of ether oxygens (including phenoxy) is 1. The van der Waals surface area contributed by atoms with Crippen molar-refractivity contribution in [1.29, 1.82) is 0 Å². The first-order chi connectivity index (χ1) is 8.35. The molecule has 0 aromatic carbocycles. The molecule has 0 spiro atoms. The lowest BCUT2D eigenvalue weighted by Crippen LogP contribution is -2.06. The van der Waals surface area contributed by atoms with Crippen molar-refractivity contribution in [3.05, 3.63) is 24.7 Å². The van der Waals surface area contributed by atoms with Gasteiger partial charge in [-0.25, -0.2) is 14.6 Å². The SMILES string of the molecule is CCCn1nccc1Nc1nccnc1OC. The van der Waals surface area contributed by atoms with E-state index >= 15 is 0 Å². The topological polar surface area (TPSA) is 64.9 Å². The number of hydrogen-bond donors (Lipinski definition) is 1. The summed E-state index contributed by atoms with van der Waals surface area (Å²) in [6, 6.07) is 1.89. The highest BCUT2D eigenvalue weighted by Gasteiger charge is 2.08. The Bertz CT molecular complexity index is 482. The van der Waals surface area contributed by atoms with Crippen molar-refractivity contribution in [2.24, 2.45) is 0 Å².